The van der Waals surface area contributed by atoms with Crippen LogP contribution in [-0.4, -0.2) is 12.0 Å². The van der Waals surface area contributed by atoms with Crippen LogP contribution >= 0.6 is 0 Å². The first-order valence-electron chi connectivity index (χ1n) is 7.94. The van der Waals surface area contributed by atoms with Gasteiger partial charge >= 0.3 is 0 Å². The average molecular weight is 327 g/mol. The predicted octanol–water partition coefficient (Wildman–Crippen LogP) is 4.08. The maximum absolute atomic E-state index is 12.8. The van der Waals surface area contributed by atoms with Crippen LogP contribution in [-0.2, 0) is 22.7 Å². The second-order valence-electron chi connectivity index (χ2n) is 5.73. The second kappa shape index (κ2) is 8.99. The van der Waals surface area contributed by atoms with Gasteiger partial charge in [-0.25, -0.2) is 4.39 Å². The largest absolute Gasteiger partial charge is 0.374 e. The fourth-order valence-electron chi connectivity index (χ4n) is 2.11. The van der Waals surface area contributed by atoms with Crippen LogP contribution in [0.5, 0.6) is 0 Å². The van der Waals surface area contributed by atoms with Crippen LogP contribution in [0, 0.1) is 5.82 Å². The van der Waals surface area contributed by atoms with Crippen molar-refractivity contribution in [1.82, 2.24) is 5.32 Å². The third-order valence-electron chi connectivity index (χ3n) is 3.44. The molecule has 1 amide bonds. The van der Waals surface area contributed by atoms with E-state index in [1.807, 2.05) is 38.1 Å². The highest BCUT2D eigenvalue weighted by atomic mass is 19.1. The van der Waals surface area contributed by atoms with E-state index < -0.39 is 0 Å². The number of rotatable bonds is 7. The number of amides is 1. The molecular formula is C20H22FNO2. The summed E-state index contributed by atoms with van der Waals surface area (Å²) in [4.78, 5) is 11.9. The molecule has 2 aromatic carbocycles. The summed E-state index contributed by atoms with van der Waals surface area (Å²) in [5, 5.41) is 2.85. The predicted molar refractivity (Wildman–Crippen MR) is 93.6 cm³/mol. The number of benzene rings is 2. The summed E-state index contributed by atoms with van der Waals surface area (Å²) in [5.41, 5.74) is 2.87. The van der Waals surface area contributed by atoms with Gasteiger partial charge in [0.2, 0.25) is 5.91 Å². The Morgan fingerprint density at radius 3 is 2.46 bits per heavy atom. The number of hydrogen-bond donors (Lipinski definition) is 1. The summed E-state index contributed by atoms with van der Waals surface area (Å²) in [7, 11) is 0. The van der Waals surface area contributed by atoms with Gasteiger partial charge in [-0.1, -0.05) is 36.4 Å². The van der Waals surface area contributed by atoms with Crippen molar-refractivity contribution in [2.24, 2.45) is 0 Å². The van der Waals surface area contributed by atoms with E-state index in [9.17, 15) is 9.18 Å². The van der Waals surface area contributed by atoms with E-state index in [-0.39, 0.29) is 17.8 Å². The third-order valence-corrected chi connectivity index (χ3v) is 3.44. The molecule has 0 fully saturated rings. The van der Waals surface area contributed by atoms with Crippen LogP contribution < -0.4 is 5.32 Å². The minimum atomic E-state index is -0.295. The van der Waals surface area contributed by atoms with Crippen LogP contribution in [0.4, 0.5) is 4.39 Å². The van der Waals surface area contributed by atoms with Gasteiger partial charge in [-0.3, -0.25) is 4.79 Å². The first-order valence-corrected chi connectivity index (χ1v) is 7.94. The van der Waals surface area contributed by atoms with Crippen molar-refractivity contribution >= 4 is 12.0 Å². The third kappa shape index (κ3) is 5.97. The van der Waals surface area contributed by atoms with Crippen LogP contribution in [0.2, 0.25) is 0 Å². The lowest BCUT2D eigenvalue weighted by Crippen LogP contribution is -2.21. The Balaban J connectivity index is 1.90. The normalized spacial score (nSPS) is 11.2. The monoisotopic (exact) mass is 327 g/mol. The quantitative estimate of drug-likeness (QED) is 0.778. The minimum absolute atomic E-state index is 0.159. The van der Waals surface area contributed by atoms with Crippen molar-refractivity contribution in [3.8, 4) is 0 Å². The van der Waals surface area contributed by atoms with Crippen molar-refractivity contribution in [1.29, 1.82) is 0 Å². The molecule has 2 aromatic rings. The van der Waals surface area contributed by atoms with Gasteiger partial charge in [0.25, 0.3) is 0 Å². The summed E-state index contributed by atoms with van der Waals surface area (Å²) in [6, 6.07) is 13.8. The van der Waals surface area contributed by atoms with Gasteiger partial charge in [0.05, 0.1) is 12.7 Å². The zero-order chi connectivity index (χ0) is 17.4. The summed E-state index contributed by atoms with van der Waals surface area (Å²) < 4.78 is 18.5. The number of carbonyl (C=O) groups is 1. The fraction of sp³-hybridized carbons (Fsp3) is 0.250. The van der Waals surface area contributed by atoms with E-state index in [4.69, 9.17) is 4.74 Å². The molecule has 0 aliphatic carbocycles. The van der Waals surface area contributed by atoms with Crippen molar-refractivity contribution in [3.63, 3.8) is 0 Å². The molecule has 0 heterocycles. The highest BCUT2D eigenvalue weighted by Crippen LogP contribution is 2.11. The molecule has 4 heteroatoms. The smallest absolute Gasteiger partial charge is 0.244 e. The summed E-state index contributed by atoms with van der Waals surface area (Å²) in [6.07, 6.45) is 3.26. The number of carbonyl (C=O) groups excluding carboxylic acids is 1. The molecule has 2 rings (SSSR count). The second-order valence-corrected chi connectivity index (χ2v) is 5.73. The number of hydrogen-bond acceptors (Lipinski definition) is 2. The maximum Gasteiger partial charge on any atom is 0.244 e. The SMILES string of the molecule is CC(C)OCc1ccccc1CNC(=O)C=Cc1ccc(F)cc1. The lowest BCUT2D eigenvalue weighted by Gasteiger charge is -2.12. The van der Waals surface area contributed by atoms with Gasteiger partial charge in [0, 0.05) is 12.6 Å². The Bertz CT molecular complexity index is 693. The maximum atomic E-state index is 12.8. The molecule has 0 aliphatic heterocycles. The van der Waals surface area contributed by atoms with E-state index in [1.165, 1.54) is 18.2 Å². The molecule has 0 saturated carbocycles. The fourth-order valence-corrected chi connectivity index (χ4v) is 2.11. The first kappa shape index (κ1) is 17.9. The van der Waals surface area contributed by atoms with Crippen LogP contribution in [0.15, 0.2) is 54.6 Å². The Morgan fingerprint density at radius 2 is 1.79 bits per heavy atom. The zero-order valence-electron chi connectivity index (χ0n) is 14.0. The van der Waals surface area contributed by atoms with E-state index in [0.29, 0.717) is 13.2 Å². The molecule has 0 radical (unpaired) electrons. The van der Waals surface area contributed by atoms with E-state index >= 15 is 0 Å². The molecular weight excluding hydrogens is 305 g/mol. The Morgan fingerprint density at radius 1 is 1.12 bits per heavy atom. The molecule has 126 valence electrons. The van der Waals surface area contributed by atoms with Gasteiger partial charge in [0.15, 0.2) is 0 Å². The molecule has 24 heavy (non-hydrogen) atoms. The average Bonchev–Trinajstić information content (AvgIpc) is 2.58. The van der Waals surface area contributed by atoms with Crippen LogP contribution in [0.1, 0.15) is 30.5 Å². The summed E-state index contributed by atoms with van der Waals surface area (Å²) in [6.45, 7) is 4.94. The molecule has 0 aromatic heterocycles. The topological polar surface area (TPSA) is 38.3 Å². The molecule has 0 aliphatic rings. The molecule has 0 unspecified atom stereocenters. The van der Waals surface area contributed by atoms with E-state index in [2.05, 4.69) is 5.32 Å². The van der Waals surface area contributed by atoms with Crippen molar-refractivity contribution in [3.05, 3.63) is 77.1 Å². The van der Waals surface area contributed by atoms with E-state index in [1.54, 1.807) is 18.2 Å². The molecule has 0 bridgehead atoms. The van der Waals surface area contributed by atoms with E-state index in [0.717, 1.165) is 16.7 Å². The standard InChI is InChI=1S/C20H22FNO2/c1-15(2)24-14-18-6-4-3-5-17(18)13-22-20(23)12-9-16-7-10-19(21)11-8-16/h3-12,15H,13-14H2,1-2H3,(H,22,23). The number of halogens is 1. The zero-order valence-corrected chi connectivity index (χ0v) is 14.0. The Hall–Kier alpha value is -2.46. The van der Waals surface area contributed by atoms with Gasteiger partial charge in [-0.2, -0.15) is 0 Å². The molecule has 0 spiro atoms. The van der Waals surface area contributed by atoms with Gasteiger partial charge in [0.1, 0.15) is 5.82 Å². The van der Waals surface area contributed by atoms with Gasteiger partial charge in [-0.15, -0.1) is 0 Å². The lowest BCUT2D eigenvalue weighted by atomic mass is 10.1. The Labute approximate surface area is 142 Å². The molecule has 0 atom stereocenters. The summed E-state index contributed by atoms with van der Waals surface area (Å²) >= 11 is 0. The van der Waals surface area contributed by atoms with Crippen LogP contribution in [0.25, 0.3) is 6.08 Å². The van der Waals surface area contributed by atoms with Gasteiger partial charge < -0.3 is 10.1 Å². The molecule has 3 nitrogen and oxygen atoms in total. The minimum Gasteiger partial charge on any atom is -0.374 e. The number of nitrogens with one attached hydrogen (secondary N) is 1. The van der Waals surface area contributed by atoms with Crippen molar-refractivity contribution in [2.45, 2.75) is 33.1 Å². The van der Waals surface area contributed by atoms with Crippen molar-refractivity contribution in [2.75, 3.05) is 0 Å². The van der Waals surface area contributed by atoms with Gasteiger partial charge in [-0.05, 0) is 48.7 Å². The summed E-state index contributed by atoms with van der Waals surface area (Å²) in [5.74, 6) is -0.490. The highest BCUT2D eigenvalue weighted by Gasteiger charge is 2.04. The Kier molecular flexibility index (Phi) is 6.70. The number of ether oxygens (including phenoxy) is 1. The lowest BCUT2D eigenvalue weighted by molar-refractivity contribution is -0.116. The first-order chi connectivity index (χ1) is 11.5. The van der Waals surface area contributed by atoms with Crippen molar-refractivity contribution < 1.29 is 13.9 Å². The van der Waals surface area contributed by atoms with Crippen LogP contribution in [0.3, 0.4) is 0 Å². The molecule has 0 saturated heterocycles. The molecule has 1 N–H and O–H groups in total. The highest BCUT2D eigenvalue weighted by molar-refractivity contribution is 5.91.